The summed E-state index contributed by atoms with van der Waals surface area (Å²) in [6.45, 7) is 7.03. The summed E-state index contributed by atoms with van der Waals surface area (Å²) in [5.41, 5.74) is 2.95. The van der Waals surface area contributed by atoms with Gasteiger partial charge < -0.3 is 10.1 Å². The van der Waals surface area contributed by atoms with Crippen molar-refractivity contribution in [3.05, 3.63) is 65.7 Å². The monoisotopic (exact) mass is 323 g/mol. The Labute approximate surface area is 144 Å². The fourth-order valence-electron chi connectivity index (χ4n) is 2.26. The molecule has 0 spiro atoms. The van der Waals surface area contributed by atoms with Crippen molar-refractivity contribution < 1.29 is 9.53 Å². The summed E-state index contributed by atoms with van der Waals surface area (Å²) in [5.74, 6) is 1.12. The molecule has 24 heavy (non-hydrogen) atoms. The van der Waals surface area contributed by atoms with Crippen molar-refractivity contribution >= 4 is 17.7 Å². The number of hydrogen-bond acceptors (Lipinski definition) is 2. The fourth-order valence-corrected chi connectivity index (χ4v) is 2.26. The maximum Gasteiger partial charge on any atom is 0.248 e. The molecule has 0 bridgehead atoms. The van der Waals surface area contributed by atoms with Crippen molar-refractivity contribution in [1.29, 1.82) is 0 Å². The third kappa shape index (κ3) is 5.27. The van der Waals surface area contributed by atoms with E-state index < -0.39 is 0 Å². The van der Waals surface area contributed by atoms with E-state index in [0.29, 0.717) is 12.5 Å². The first-order valence-electron chi connectivity index (χ1n) is 8.41. The third-order valence-electron chi connectivity index (χ3n) is 3.64. The van der Waals surface area contributed by atoms with Gasteiger partial charge in [-0.2, -0.15) is 0 Å². The van der Waals surface area contributed by atoms with Gasteiger partial charge >= 0.3 is 0 Å². The molecule has 0 radical (unpaired) electrons. The lowest BCUT2D eigenvalue weighted by Crippen LogP contribution is -2.07. The van der Waals surface area contributed by atoms with Crippen LogP contribution in [0, 0.1) is 0 Å². The summed E-state index contributed by atoms with van der Waals surface area (Å²) in [6.07, 6.45) is 4.26. The Bertz CT molecular complexity index is 687. The molecule has 0 unspecified atom stereocenters. The van der Waals surface area contributed by atoms with Crippen LogP contribution in [0.1, 0.15) is 44.2 Å². The first kappa shape index (κ1) is 17.8. The van der Waals surface area contributed by atoms with Crippen molar-refractivity contribution in [3.63, 3.8) is 0 Å². The molecule has 0 aliphatic rings. The quantitative estimate of drug-likeness (QED) is 0.707. The van der Waals surface area contributed by atoms with E-state index in [2.05, 4.69) is 26.1 Å². The lowest BCUT2D eigenvalue weighted by Gasteiger charge is -2.08. The summed E-state index contributed by atoms with van der Waals surface area (Å²) in [4.78, 5) is 12.1. The number of anilines is 1. The van der Waals surface area contributed by atoms with Crippen LogP contribution in [0.2, 0.25) is 0 Å². The molecule has 0 saturated heterocycles. The Kier molecular flexibility index (Phi) is 6.62. The lowest BCUT2D eigenvalue weighted by molar-refractivity contribution is -0.111. The second-order valence-corrected chi connectivity index (χ2v) is 5.99. The predicted molar refractivity (Wildman–Crippen MR) is 100 cm³/mol. The molecular formula is C21H25NO2. The van der Waals surface area contributed by atoms with E-state index in [1.165, 1.54) is 11.6 Å². The number of nitrogens with one attached hydrogen (secondary N) is 1. The van der Waals surface area contributed by atoms with Gasteiger partial charge in [-0.05, 0) is 42.2 Å². The summed E-state index contributed by atoms with van der Waals surface area (Å²) in [6, 6.07) is 15.7. The van der Waals surface area contributed by atoms with Gasteiger partial charge in [0.1, 0.15) is 5.75 Å². The zero-order valence-corrected chi connectivity index (χ0v) is 14.6. The maximum atomic E-state index is 12.1. The van der Waals surface area contributed by atoms with E-state index in [1.807, 2.05) is 48.5 Å². The largest absolute Gasteiger partial charge is 0.493 e. The SMILES string of the molecule is CCCOc1ccccc1C=CC(=O)Nc1ccc(C(C)C)cc1. The van der Waals surface area contributed by atoms with Crippen LogP contribution < -0.4 is 10.1 Å². The van der Waals surface area contributed by atoms with Crippen LogP contribution in [-0.4, -0.2) is 12.5 Å². The Morgan fingerprint density at radius 3 is 2.50 bits per heavy atom. The number of carbonyl (C=O) groups excluding carboxylic acids is 1. The van der Waals surface area contributed by atoms with E-state index in [9.17, 15) is 4.79 Å². The summed E-state index contributed by atoms with van der Waals surface area (Å²) >= 11 is 0. The number of benzene rings is 2. The molecule has 2 aromatic rings. The first-order valence-corrected chi connectivity index (χ1v) is 8.41. The molecule has 0 fully saturated rings. The van der Waals surface area contributed by atoms with Gasteiger partial charge in [0.2, 0.25) is 5.91 Å². The number of rotatable bonds is 7. The average Bonchev–Trinajstić information content (AvgIpc) is 2.59. The van der Waals surface area contributed by atoms with E-state index in [1.54, 1.807) is 6.08 Å². The van der Waals surface area contributed by atoms with Crippen molar-refractivity contribution in [2.24, 2.45) is 0 Å². The fraction of sp³-hybridized carbons (Fsp3) is 0.286. The highest BCUT2D eigenvalue weighted by Crippen LogP contribution is 2.20. The van der Waals surface area contributed by atoms with Gasteiger partial charge in [0.05, 0.1) is 6.61 Å². The Balaban J connectivity index is 2.00. The van der Waals surface area contributed by atoms with E-state index in [-0.39, 0.29) is 5.91 Å². The van der Waals surface area contributed by atoms with Gasteiger partial charge in [0.15, 0.2) is 0 Å². The van der Waals surface area contributed by atoms with Gasteiger partial charge in [0, 0.05) is 17.3 Å². The maximum absolute atomic E-state index is 12.1. The van der Waals surface area contributed by atoms with E-state index in [4.69, 9.17) is 4.74 Å². The third-order valence-corrected chi connectivity index (χ3v) is 3.64. The zero-order valence-electron chi connectivity index (χ0n) is 14.6. The van der Waals surface area contributed by atoms with Gasteiger partial charge in [-0.1, -0.05) is 51.1 Å². The summed E-state index contributed by atoms with van der Waals surface area (Å²) < 4.78 is 5.69. The van der Waals surface area contributed by atoms with Crippen LogP contribution in [0.5, 0.6) is 5.75 Å². The minimum absolute atomic E-state index is 0.155. The molecule has 0 aliphatic heterocycles. The number of carbonyl (C=O) groups is 1. The normalized spacial score (nSPS) is 11.0. The molecule has 0 saturated carbocycles. The van der Waals surface area contributed by atoms with Crippen LogP contribution >= 0.6 is 0 Å². The van der Waals surface area contributed by atoms with Crippen LogP contribution in [0.15, 0.2) is 54.6 Å². The van der Waals surface area contributed by atoms with Crippen LogP contribution in [0.4, 0.5) is 5.69 Å². The number of amides is 1. The highest BCUT2D eigenvalue weighted by molar-refractivity contribution is 6.02. The molecule has 0 heterocycles. The number of ether oxygens (including phenoxy) is 1. The zero-order chi connectivity index (χ0) is 17.4. The topological polar surface area (TPSA) is 38.3 Å². The standard InChI is InChI=1S/C21H25NO2/c1-4-15-24-20-8-6-5-7-18(20)11-14-21(23)22-19-12-9-17(10-13-19)16(2)3/h5-14,16H,4,15H2,1-3H3,(H,22,23). The number of hydrogen-bond donors (Lipinski definition) is 1. The molecule has 0 aromatic heterocycles. The van der Waals surface area contributed by atoms with Crippen molar-refractivity contribution in [1.82, 2.24) is 0 Å². The molecule has 1 N–H and O–H groups in total. The minimum Gasteiger partial charge on any atom is -0.493 e. The van der Waals surface area contributed by atoms with Gasteiger partial charge in [-0.3, -0.25) is 4.79 Å². The highest BCUT2D eigenvalue weighted by Gasteiger charge is 2.03. The molecule has 2 aromatic carbocycles. The number of para-hydroxylation sites is 1. The van der Waals surface area contributed by atoms with Crippen LogP contribution in [0.3, 0.4) is 0 Å². The first-order chi connectivity index (χ1) is 11.6. The molecule has 3 nitrogen and oxygen atoms in total. The van der Waals surface area contributed by atoms with Gasteiger partial charge in [-0.25, -0.2) is 0 Å². The second kappa shape index (κ2) is 8.92. The van der Waals surface area contributed by atoms with Gasteiger partial charge in [0.25, 0.3) is 0 Å². The van der Waals surface area contributed by atoms with Crippen molar-refractivity contribution in [2.45, 2.75) is 33.1 Å². The molecule has 1 amide bonds. The van der Waals surface area contributed by atoms with E-state index >= 15 is 0 Å². The van der Waals surface area contributed by atoms with Crippen LogP contribution in [-0.2, 0) is 4.79 Å². The van der Waals surface area contributed by atoms with Crippen molar-refractivity contribution in [2.75, 3.05) is 11.9 Å². The minimum atomic E-state index is -0.155. The molecular weight excluding hydrogens is 298 g/mol. The summed E-state index contributed by atoms with van der Waals surface area (Å²) in [7, 11) is 0. The lowest BCUT2D eigenvalue weighted by atomic mass is 10.0. The molecule has 126 valence electrons. The Morgan fingerprint density at radius 1 is 1.12 bits per heavy atom. The molecule has 0 atom stereocenters. The second-order valence-electron chi connectivity index (χ2n) is 5.99. The summed E-state index contributed by atoms with van der Waals surface area (Å²) in [5, 5.41) is 2.87. The molecule has 2 rings (SSSR count). The smallest absolute Gasteiger partial charge is 0.248 e. The van der Waals surface area contributed by atoms with Crippen molar-refractivity contribution in [3.8, 4) is 5.75 Å². The average molecular weight is 323 g/mol. The highest BCUT2D eigenvalue weighted by atomic mass is 16.5. The molecule has 3 heteroatoms. The predicted octanol–water partition coefficient (Wildman–Crippen LogP) is 5.25. The molecule has 0 aliphatic carbocycles. The van der Waals surface area contributed by atoms with E-state index in [0.717, 1.165) is 23.4 Å². The Morgan fingerprint density at radius 2 is 1.83 bits per heavy atom. The van der Waals surface area contributed by atoms with Crippen LogP contribution in [0.25, 0.3) is 6.08 Å². The van der Waals surface area contributed by atoms with Gasteiger partial charge in [-0.15, -0.1) is 0 Å². The Hall–Kier alpha value is -2.55.